The Bertz CT molecular complexity index is 900. The fourth-order valence-corrected chi connectivity index (χ4v) is 3.26. The number of nitrogens with zero attached hydrogens (tertiary/aromatic N) is 1. The van der Waals surface area contributed by atoms with Gasteiger partial charge in [0.25, 0.3) is 0 Å². The minimum atomic E-state index is -0.954. The molecule has 1 heterocycles. The van der Waals surface area contributed by atoms with Gasteiger partial charge in [-0.15, -0.1) is 0 Å². The summed E-state index contributed by atoms with van der Waals surface area (Å²) in [6, 6.07) is 13.0. The van der Waals surface area contributed by atoms with Gasteiger partial charge >= 0.3 is 0 Å². The van der Waals surface area contributed by atoms with Crippen LogP contribution in [0.5, 0.6) is 11.5 Å². The van der Waals surface area contributed by atoms with Gasteiger partial charge in [-0.3, -0.25) is 9.59 Å². The first-order valence-electron chi connectivity index (χ1n) is 8.73. The summed E-state index contributed by atoms with van der Waals surface area (Å²) in [4.78, 5) is 27.5. The minimum absolute atomic E-state index is 0.119. The smallest absolute Gasteiger partial charge is 0.247 e. The van der Waals surface area contributed by atoms with Gasteiger partial charge < -0.3 is 14.4 Å². The van der Waals surface area contributed by atoms with E-state index in [1.165, 1.54) is 13.2 Å². The summed E-state index contributed by atoms with van der Waals surface area (Å²) < 4.78 is 10.6. The number of hydrogen-bond donors (Lipinski definition) is 0. The molecule has 0 aromatic heterocycles. The van der Waals surface area contributed by atoms with E-state index in [1.54, 1.807) is 44.1 Å². The third kappa shape index (κ3) is 3.45. The van der Waals surface area contributed by atoms with E-state index >= 15 is 0 Å². The molecule has 0 fully saturated rings. The van der Waals surface area contributed by atoms with Crippen LogP contribution in [0.15, 0.2) is 48.5 Å². The molecule has 0 atom stereocenters. The van der Waals surface area contributed by atoms with Gasteiger partial charge in [-0.25, -0.2) is 0 Å². The van der Waals surface area contributed by atoms with E-state index in [1.807, 2.05) is 30.3 Å². The minimum Gasteiger partial charge on any atom is -0.493 e. The van der Waals surface area contributed by atoms with Crippen molar-refractivity contribution < 1.29 is 19.1 Å². The first-order valence-corrected chi connectivity index (χ1v) is 8.73. The summed E-state index contributed by atoms with van der Waals surface area (Å²) in [6.45, 7) is 3.86. The van der Waals surface area contributed by atoms with Crippen molar-refractivity contribution >= 4 is 17.8 Å². The lowest BCUT2D eigenvalue weighted by Crippen LogP contribution is -2.55. The number of rotatable bonds is 4. The van der Waals surface area contributed by atoms with Crippen LogP contribution in [0.25, 0.3) is 6.08 Å². The van der Waals surface area contributed by atoms with Crippen molar-refractivity contribution in [3.63, 3.8) is 0 Å². The Labute approximate surface area is 159 Å². The molecule has 140 valence electrons. The molecule has 0 aliphatic carbocycles. The number of carbonyl (C=O) groups is 2. The molecule has 3 rings (SSSR count). The number of methoxy groups -OCH3 is 2. The predicted octanol–water partition coefficient (Wildman–Crippen LogP) is 3.72. The van der Waals surface area contributed by atoms with Crippen molar-refractivity contribution in [3.05, 3.63) is 65.2 Å². The van der Waals surface area contributed by atoms with Gasteiger partial charge in [-0.05, 0) is 43.2 Å². The topological polar surface area (TPSA) is 55.8 Å². The van der Waals surface area contributed by atoms with E-state index in [0.29, 0.717) is 23.6 Å². The molecular formula is C22H23NO4. The molecule has 0 saturated carbocycles. The summed E-state index contributed by atoms with van der Waals surface area (Å²) in [7, 11) is 3.08. The van der Waals surface area contributed by atoms with Crippen LogP contribution in [-0.2, 0) is 11.3 Å². The van der Waals surface area contributed by atoms with E-state index in [4.69, 9.17) is 9.47 Å². The molecule has 0 saturated heterocycles. The molecule has 0 N–H and O–H groups in total. The lowest BCUT2D eigenvalue weighted by Gasteiger charge is -2.41. The molecule has 1 amide bonds. The summed E-state index contributed by atoms with van der Waals surface area (Å²) in [5.41, 5.74) is 1.29. The zero-order chi connectivity index (χ0) is 19.6. The quantitative estimate of drug-likeness (QED) is 0.775. The van der Waals surface area contributed by atoms with Crippen LogP contribution in [0.2, 0.25) is 0 Å². The average Bonchev–Trinajstić information content (AvgIpc) is 2.68. The fraction of sp³-hybridized carbons (Fsp3) is 0.273. The lowest BCUT2D eigenvalue weighted by molar-refractivity contribution is -0.130. The van der Waals surface area contributed by atoms with Crippen LogP contribution < -0.4 is 9.47 Å². The first-order chi connectivity index (χ1) is 12.9. The number of benzene rings is 2. The molecular weight excluding hydrogens is 342 g/mol. The largest absolute Gasteiger partial charge is 0.493 e. The first kappa shape index (κ1) is 18.7. The highest BCUT2D eigenvalue weighted by Gasteiger charge is 2.43. The maximum absolute atomic E-state index is 13.1. The SMILES string of the molecule is COc1cc2c(cc1OC)C(=O)C(C)(C)N(C(=O)C=Cc1ccccc1)C2. The molecule has 1 aliphatic heterocycles. The molecule has 0 spiro atoms. The highest BCUT2D eigenvalue weighted by atomic mass is 16.5. The Hall–Kier alpha value is -3.08. The second-order valence-corrected chi connectivity index (χ2v) is 6.92. The van der Waals surface area contributed by atoms with Gasteiger partial charge in [0, 0.05) is 18.2 Å². The third-order valence-corrected chi connectivity index (χ3v) is 4.90. The van der Waals surface area contributed by atoms with Gasteiger partial charge in [-0.1, -0.05) is 30.3 Å². The van der Waals surface area contributed by atoms with Crippen LogP contribution in [0, 0.1) is 0 Å². The Morgan fingerprint density at radius 2 is 1.70 bits per heavy atom. The van der Waals surface area contributed by atoms with Gasteiger partial charge in [0.15, 0.2) is 17.3 Å². The van der Waals surface area contributed by atoms with E-state index in [9.17, 15) is 9.59 Å². The number of carbonyl (C=O) groups excluding carboxylic acids is 2. The molecule has 0 bridgehead atoms. The summed E-state index contributed by atoms with van der Waals surface area (Å²) >= 11 is 0. The van der Waals surface area contributed by atoms with Crippen molar-refractivity contribution in [2.24, 2.45) is 0 Å². The molecule has 1 aliphatic rings. The highest BCUT2D eigenvalue weighted by molar-refractivity contribution is 6.08. The Morgan fingerprint density at radius 3 is 2.33 bits per heavy atom. The molecule has 5 heteroatoms. The molecule has 5 nitrogen and oxygen atoms in total. The average molecular weight is 365 g/mol. The van der Waals surface area contributed by atoms with Crippen LogP contribution in [-0.4, -0.2) is 36.3 Å². The summed E-state index contributed by atoms with van der Waals surface area (Å²) in [6.07, 6.45) is 3.27. The predicted molar refractivity (Wildman–Crippen MR) is 104 cm³/mol. The van der Waals surface area contributed by atoms with Crippen molar-refractivity contribution in [1.82, 2.24) is 4.90 Å². The maximum Gasteiger partial charge on any atom is 0.247 e. The van der Waals surface area contributed by atoms with E-state index in [-0.39, 0.29) is 11.7 Å². The Kier molecular flexibility index (Phi) is 5.04. The monoisotopic (exact) mass is 365 g/mol. The van der Waals surface area contributed by atoms with Crippen LogP contribution in [0.1, 0.15) is 35.3 Å². The second-order valence-electron chi connectivity index (χ2n) is 6.92. The fourth-order valence-electron chi connectivity index (χ4n) is 3.26. The Morgan fingerprint density at radius 1 is 1.07 bits per heavy atom. The summed E-state index contributed by atoms with van der Waals surface area (Å²) in [5.74, 6) is 0.712. The zero-order valence-corrected chi connectivity index (χ0v) is 16.0. The maximum atomic E-state index is 13.1. The summed E-state index contributed by atoms with van der Waals surface area (Å²) in [5, 5.41) is 0. The van der Waals surface area contributed by atoms with Crippen LogP contribution in [0.4, 0.5) is 0 Å². The van der Waals surface area contributed by atoms with Gasteiger partial charge in [0.2, 0.25) is 5.91 Å². The van der Waals surface area contributed by atoms with Gasteiger partial charge in [-0.2, -0.15) is 0 Å². The molecule has 2 aromatic carbocycles. The second kappa shape index (κ2) is 7.27. The zero-order valence-electron chi connectivity index (χ0n) is 16.0. The van der Waals surface area contributed by atoms with Crippen LogP contribution >= 0.6 is 0 Å². The normalized spacial score (nSPS) is 15.6. The molecule has 0 radical (unpaired) electrons. The van der Waals surface area contributed by atoms with E-state index < -0.39 is 5.54 Å². The van der Waals surface area contributed by atoms with E-state index in [2.05, 4.69) is 0 Å². The Balaban J connectivity index is 1.95. The van der Waals surface area contributed by atoms with E-state index in [0.717, 1.165) is 11.1 Å². The number of Topliss-reactive ketones (excluding diaryl/α,β-unsaturated/α-hetero) is 1. The highest BCUT2D eigenvalue weighted by Crippen LogP contribution is 2.37. The number of ether oxygens (including phenoxy) is 2. The number of ketones is 1. The standard InChI is InChI=1S/C22H23NO4/c1-22(2)21(25)17-13-19(27-4)18(26-3)12-16(17)14-23(22)20(24)11-10-15-8-6-5-7-9-15/h5-13H,14H2,1-4H3. The van der Waals surface area contributed by atoms with Gasteiger partial charge in [0.05, 0.1) is 14.2 Å². The number of hydrogen-bond acceptors (Lipinski definition) is 4. The van der Waals surface area contributed by atoms with Crippen LogP contribution in [0.3, 0.4) is 0 Å². The number of fused-ring (bicyclic) bond motifs is 1. The third-order valence-electron chi connectivity index (χ3n) is 4.90. The molecule has 2 aromatic rings. The van der Waals surface area contributed by atoms with Crippen molar-refractivity contribution in [3.8, 4) is 11.5 Å². The van der Waals surface area contributed by atoms with Gasteiger partial charge in [0.1, 0.15) is 5.54 Å². The molecule has 27 heavy (non-hydrogen) atoms. The lowest BCUT2D eigenvalue weighted by atomic mass is 9.83. The van der Waals surface area contributed by atoms with Crippen molar-refractivity contribution in [2.45, 2.75) is 25.9 Å². The number of amides is 1. The van der Waals surface area contributed by atoms with Crippen molar-refractivity contribution in [1.29, 1.82) is 0 Å². The molecule has 0 unspecified atom stereocenters. The van der Waals surface area contributed by atoms with Crippen molar-refractivity contribution in [2.75, 3.05) is 14.2 Å².